The fraction of sp³-hybridized carbons (Fsp3) is 0.707. The molecule has 57 heavy (non-hydrogen) atoms. The summed E-state index contributed by atoms with van der Waals surface area (Å²) >= 11 is 0. The molecule has 0 bridgehead atoms. The monoisotopic (exact) mass is 827 g/mol. The van der Waals surface area contributed by atoms with Crippen LogP contribution < -0.4 is 10.6 Å². The third-order valence-electron chi connectivity index (χ3n) is 8.95. The van der Waals surface area contributed by atoms with Crippen molar-refractivity contribution in [3.8, 4) is 0 Å². The highest BCUT2D eigenvalue weighted by Crippen LogP contribution is 2.46. The Kier molecular flexibility index (Phi) is 22.8. The van der Waals surface area contributed by atoms with Crippen LogP contribution in [0.25, 0.3) is 0 Å². The average molecular weight is 828 g/mol. The first kappa shape index (κ1) is 53.4. The Balaban J connectivity index is 5.98. The molecule has 16 heteroatoms. The van der Waals surface area contributed by atoms with Gasteiger partial charge in [0.2, 0.25) is 0 Å². The van der Waals surface area contributed by atoms with E-state index in [-0.39, 0.29) is 55.1 Å². The van der Waals surface area contributed by atoms with Gasteiger partial charge in [-0.3, -0.25) is 14.4 Å². The number of nitrogens with zero attached hydrogens (tertiary/aromatic N) is 1. The van der Waals surface area contributed by atoms with Gasteiger partial charge in [-0.25, -0.2) is 14.4 Å². The van der Waals surface area contributed by atoms with Crippen molar-refractivity contribution in [2.45, 2.75) is 118 Å². The van der Waals surface area contributed by atoms with Crippen molar-refractivity contribution in [2.24, 2.45) is 5.41 Å². The van der Waals surface area contributed by atoms with Crippen LogP contribution >= 0.6 is 8.15 Å². The van der Waals surface area contributed by atoms with Crippen LogP contribution in [0.5, 0.6) is 0 Å². The summed E-state index contributed by atoms with van der Waals surface area (Å²) in [5.41, 5.74) is -2.19. The molecule has 0 aliphatic heterocycles. The Hall–Kier alpha value is -3.65. The Morgan fingerprint density at radius 3 is 1.70 bits per heavy atom. The topological polar surface area (TPSA) is 185 Å². The summed E-state index contributed by atoms with van der Waals surface area (Å²) in [5.74, 6) is -3.25. The number of ether oxygens (including phenoxy) is 5. The lowest BCUT2D eigenvalue weighted by Gasteiger charge is -2.43. The van der Waals surface area contributed by atoms with Gasteiger partial charge in [0.15, 0.2) is 19.8 Å². The summed E-state index contributed by atoms with van der Waals surface area (Å²) in [6, 6.07) is -0.316. The molecule has 0 fully saturated rings. The van der Waals surface area contributed by atoms with Crippen molar-refractivity contribution in [3.05, 3.63) is 36.5 Å². The number of rotatable bonds is 28. The third-order valence-corrected chi connectivity index (χ3v) is 10.7. The maximum Gasteiger partial charge on any atom is 0.333 e. The first-order valence-electron chi connectivity index (χ1n) is 19.0. The van der Waals surface area contributed by atoms with Gasteiger partial charge in [0.05, 0.1) is 49.1 Å². The molecule has 0 aliphatic rings. The van der Waals surface area contributed by atoms with E-state index < -0.39 is 79.8 Å². The molecule has 0 aromatic heterocycles. The van der Waals surface area contributed by atoms with Gasteiger partial charge < -0.3 is 43.7 Å². The highest BCUT2D eigenvalue weighted by atomic mass is 31.1. The molecule has 0 radical (unpaired) electrons. The number of hydrogen-bond donors (Lipinski definition) is 2. The molecule has 3 unspecified atom stereocenters. The van der Waals surface area contributed by atoms with Gasteiger partial charge in [-0.05, 0) is 94.4 Å². The first-order chi connectivity index (χ1) is 26.1. The van der Waals surface area contributed by atoms with Crippen LogP contribution in [0.2, 0.25) is 0 Å². The Labute approximate surface area is 341 Å². The quantitative estimate of drug-likeness (QED) is 0.0466. The predicted molar refractivity (Wildman–Crippen MR) is 220 cm³/mol. The summed E-state index contributed by atoms with van der Waals surface area (Å²) in [5, 5.41) is 5.71. The van der Waals surface area contributed by atoms with E-state index in [0.717, 1.165) is 0 Å². The van der Waals surface area contributed by atoms with E-state index in [1.165, 1.54) is 25.7 Å². The molecule has 0 saturated heterocycles. The Morgan fingerprint density at radius 1 is 0.737 bits per heavy atom. The van der Waals surface area contributed by atoms with Gasteiger partial charge in [-0.1, -0.05) is 33.6 Å². The standard InChI is InChI=1S/C41H70N3O12P/c1-17-31(42-32(45)20-52-35(48)28(3)4)19-56-57(16)27-41(18-2,26-51-24-38(9,10)43-33(46)21-53-36(49)29(5)6)23-40(13,14)55-25-39(11,12)44(15)34(47)22-54-37(50)30(7)8/h31H,3,5,7,17-27H2,1-2,4,6,8-16H3,(H,42,45)(H,43,46). The number of amides is 3. The fourth-order valence-electron chi connectivity index (χ4n) is 5.35. The molecular formula is C41H70N3O12P. The van der Waals surface area contributed by atoms with Crippen LogP contribution in [0.3, 0.4) is 0 Å². The van der Waals surface area contributed by atoms with Gasteiger partial charge in [0.25, 0.3) is 17.7 Å². The lowest BCUT2D eigenvalue weighted by molar-refractivity contribution is -0.154. The Bertz CT molecular complexity index is 1440. The summed E-state index contributed by atoms with van der Waals surface area (Å²) in [6.45, 7) is 31.9. The second-order valence-electron chi connectivity index (χ2n) is 16.6. The van der Waals surface area contributed by atoms with E-state index in [1.54, 1.807) is 20.9 Å². The van der Waals surface area contributed by atoms with Gasteiger partial charge in [0, 0.05) is 37.3 Å². The lowest BCUT2D eigenvalue weighted by atomic mass is 9.78. The minimum absolute atomic E-state index is 0.147. The molecule has 2 N–H and O–H groups in total. The SMILES string of the molecule is C=C(C)C(=O)OCC(=O)NC(CC)COP(C)CC(CC)(COCC(C)(C)NC(=O)COC(=O)C(=C)C)CC(C)(C)OCC(C)(C)N(C)C(=O)COC(=O)C(=C)C. The van der Waals surface area contributed by atoms with E-state index in [0.29, 0.717) is 25.4 Å². The highest BCUT2D eigenvalue weighted by molar-refractivity contribution is 7.51. The minimum atomic E-state index is -1.07. The van der Waals surface area contributed by atoms with Crippen LogP contribution in [-0.2, 0) is 57.0 Å². The normalized spacial score (nSPS) is 13.9. The zero-order valence-electron chi connectivity index (χ0n) is 36.8. The van der Waals surface area contributed by atoms with Crippen molar-refractivity contribution in [1.82, 2.24) is 15.5 Å². The number of carbonyl (C=O) groups is 6. The van der Waals surface area contributed by atoms with E-state index in [2.05, 4.69) is 37.3 Å². The molecule has 0 heterocycles. The maximum absolute atomic E-state index is 12.9. The van der Waals surface area contributed by atoms with E-state index >= 15 is 0 Å². The number of likely N-dealkylation sites (N-methyl/N-ethyl adjacent to an activating group) is 1. The zero-order valence-corrected chi connectivity index (χ0v) is 37.7. The van der Waals surface area contributed by atoms with Crippen LogP contribution in [0.4, 0.5) is 0 Å². The van der Waals surface area contributed by atoms with Crippen LogP contribution in [-0.4, -0.2) is 129 Å². The van der Waals surface area contributed by atoms with Crippen molar-refractivity contribution in [1.29, 1.82) is 0 Å². The lowest BCUT2D eigenvalue weighted by Crippen LogP contribution is -2.52. The minimum Gasteiger partial charge on any atom is -0.452 e. The molecular weight excluding hydrogens is 757 g/mol. The molecule has 0 spiro atoms. The first-order valence-corrected chi connectivity index (χ1v) is 20.9. The predicted octanol–water partition coefficient (Wildman–Crippen LogP) is 5.01. The molecule has 3 amide bonds. The molecule has 326 valence electrons. The average Bonchev–Trinajstić information content (AvgIpc) is 3.11. The summed E-state index contributed by atoms with van der Waals surface area (Å²) in [7, 11) is 0.562. The van der Waals surface area contributed by atoms with Crippen LogP contribution in [0.15, 0.2) is 36.5 Å². The zero-order chi connectivity index (χ0) is 44.4. The Morgan fingerprint density at radius 2 is 1.23 bits per heavy atom. The molecule has 15 nitrogen and oxygen atoms in total. The third kappa shape index (κ3) is 21.6. The van der Waals surface area contributed by atoms with Crippen molar-refractivity contribution in [3.63, 3.8) is 0 Å². The molecule has 3 atom stereocenters. The smallest absolute Gasteiger partial charge is 0.333 e. The summed E-state index contributed by atoms with van der Waals surface area (Å²) < 4.78 is 34.3. The van der Waals surface area contributed by atoms with Crippen molar-refractivity contribution >= 4 is 43.8 Å². The number of carbonyl (C=O) groups excluding carboxylic acids is 6. The molecule has 0 aliphatic carbocycles. The van der Waals surface area contributed by atoms with Gasteiger partial charge in [-0.2, -0.15) is 0 Å². The number of nitrogens with one attached hydrogen (secondary N) is 2. The highest BCUT2D eigenvalue weighted by Gasteiger charge is 2.40. The summed E-state index contributed by atoms with van der Waals surface area (Å²) in [6.07, 6.45) is 2.40. The molecule has 0 aromatic rings. The van der Waals surface area contributed by atoms with Crippen LogP contribution in [0.1, 0.15) is 95.4 Å². The second-order valence-corrected chi connectivity index (χ2v) is 18.4. The molecule has 0 aromatic carbocycles. The fourth-order valence-corrected chi connectivity index (χ4v) is 7.24. The second kappa shape index (κ2) is 24.3. The largest absolute Gasteiger partial charge is 0.452 e. The summed E-state index contributed by atoms with van der Waals surface area (Å²) in [4.78, 5) is 74.8. The van der Waals surface area contributed by atoms with Crippen molar-refractivity contribution in [2.75, 3.05) is 66.1 Å². The molecule has 0 saturated carbocycles. The van der Waals surface area contributed by atoms with E-state index in [1.807, 2.05) is 41.3 Å². The maximum atomic E-state index is 12.9. The van der Waals surface area contributed by atoms with Gasteiger partial charge in [0.1, 0.15) is 0 Å². The van der Waals surface area contributed by atoms with Gasteiger partial charge in [-0.15, -0.1) is 0 Å². The van der Waals surface area contributed by atoms with E-state index in [4.69, 9.17) is 28.2 Å². The number of esters is 3. The number of hydrogen-bond acceptors (Lipinski definition) is 12. The van der Waals surface area contributed by atoms with Crippen LogP contribution in [0, 0.1) is 5.41 Å². The van der Waals surface area contributed by atoms with Gasteiger partial charge >= 0.3 is 17.9 Å². The van der Waals surface area contributed by atoms with Crippen molar-refractivity contribution < 1.29 is 57.0 Å². The molecule has 0 rings (SSSR count). The van der Waals surface area contributed by atoms with E-state index in [9.17, 15) is 28.8 Å².